The van der Waals surface area contributed by atoms with Crippen LogP contribution in [0.2, 0.25) is 0 Å². The van der Waals surface area contributed by atoms with Crippen LogP contribution in [0.15, 0.2) is 42.5 Å². The van der Waals surface area contributed by atoms with Crippen molar-refractivity contribution in [2.75, 3.05) is 25.0 Å². The maximum Gasteiger partial charge on any atom is 0.319 e. The van der Waals surface area contributed by atoms with E-state index in [0.717, 1.165) is 41.5 Å². The summed E-state index contributed by atoms with van der Waals surface area (Å²) in [5.74, 6) is 0.275. The molecule has 4 rings (SSSR count). The summed E-state index contributed by atoms with van der Waals surface area (Å²) < 4.78 is 0. The molecule has 1 aliphatic heterocycles. The number of benzene rings is 2. The number of rotatable bonds is 4. The van der Waals surface area contributed by atoms with E-state index in [2.05, 4.69) is 41.6 Å². The topological polar surface area (TPSA) is 77.2 Å². The van der Waals surface area contributed by atoms with Gasteiger partial charge in [-0.25, -0.2) is 4.79 Å². The second kappa shape index (κ2) is 8.84. The van der Waals surface area contributed by atoms with Gasteiger partial charge in [0.15, 0.2) is 0 Å². The van der Waals surface area contributed by atoms with E-state index in [1.54, 1.807) is 0 Å². The zero-order chi connectivity index (χ0) is 22.0. The maximum atomic E-state index is 13.1. The number of nitrogens with one attached hydrogen (secondary N) is 3. The largest absolute Gasteiger partial charge is 0.351 e. The Labute approximate surface area is 183 Å². The van der Waals surface area contributed by atoms with Crippen molar-refractivity contribution >= 4 is 28.5 Å². The predicted octanol–water partition coefficient (Wildman–Crippen LogP) is 4.77. The number of likely N-dealkylation sites (tertiary alicyclic amines) is 1. The lowest BCUT2D eigenvalue weighted by Gasteiger charge is -2.32. The first-order valence-corrected chi connectivity index (χ1v) is 10.9. The highest BCUT2D eigenvalue weighted by Gasteiger charge is 2.26. The number of aromatic amines is 1. The molecular formula is C25H30N4O2. The van der Waals surface area contributed by atoms with Crippen molar-refractivity contribution in [3.05, 3.63) is 64.8 Å². The van der Waals surface area contributed by atoms with Crippen LogP contribution in [0.1, 0.15) is 40.0 Å². The van der Waals surface area contributed by atoms with Crippen molar-refractivity contribution in [3.63, 3.8) is 0 Å². The Morgan fingerprint density at radius 2 is 1.84 bits per heavy atom. The minimum atomic E-state index is -0.214. The normalized spacial score (nSPS) is 16.4. The number of aromatic nitrogens is 1. The van der Waals surface area contributed by atoms with E-state index >= 15 is 0 Å². The highest BCUT2D eigenvalue weighted by molar-refractivity contribution is 5.99. The molecule has 1 aromatic heterocycles. The van der Waals surface area contributed by atoms with Gasteiger partial charge in [-0.1, -0.05) is 23.8 Å². The van der Waals surface area contributed by atoms with Crippen LogP contribution in [-0.4, -0.2) is 41.5 Å². The van der Waals surface area contributed by atoms with Gasteiger partial charge in [0.25, 0.3) is 5.91 Å². The molecule has 1 fully saturated rings. The third-order valence-electron chi connectivity index (χ3n) is 5.99. The lowest BCUT2D eigenvalue weighted by Crippen LogP contribution is -2.44. The van der Waals surface area contributed by atoms with E-state index in [0.29, 0.717) is 18.8 Å². The van der Waals surface area contributed by atoms with Crippen molar-refractivity contribution in [3.8, 4) is 0 Å². The SMILES string of the molecule is Cc1ccc(NC(=O)NCC2CCCN(C(=O)c3cc4c(C)cc(C)cc4[nH]3)C2)cc1. The number of piperidine rings is 1. The van der Waals surface area contributed by atoms with Gasteiger partial charge in [0.1, 0.15) is 5.69 Å². The van der Waals surface area contributed by atoms with E-state index in [1.165, 1.54) is 11.1 Å². The van der Waals surface area contributed by atoms with Gasteiger partial charge in [-0.3, -0.25) is 4.79 Å². The molecule has 3 N–H and O–H groups in total. The van der Waals surface area contributed by atoms with Gasteiger partial charge in [-0.2, -0.15) is 0 Å². The standard InChI is InChI=1S/C25H30N4O2/c1-16-6-8-20(9-7-16)27-25(31)26-14-19-5-4-10-29(15-19)24(30)23-13-21-18(3)11-17(2)12-22(21)28-23/h6-9,11-13,19,28H,4-5,10,14-15H2,1-3H3,(H2,26,27,31). The molecule has 1 aliphatic rings. The third kappa shape index (κ3) is 4.90. The van der Waals surface area contributed by atoms with Gasteiger partial charge in [-0.05, 0) is 74.9 Å². The minimum Gasteiger partial charge on any atom is -0.351 e. The molecule has 6 heteroatoms. The Bertz CT molecular complexity index is 1100. The summed E-state index contributed by atoms with van der Waals surface area (Å²) in [5, 5.41) is 6.91. The number of carbonyl (C=O) groups is 2. The van der Waals surface area contributed by atoms with Crippen LogP contribution in [0.4, 0.5) is 10.5 Å². The van der Waals surface area contributed by atoms with Crippen LogP contribution in [0.5, 0.6) is 0 Å². The Kier molecular flexibility index (Phi) is 5.98. The van der Waals surface area contributed by atoms with E-state index in [4.69, 9.17) is 0 Å². The van der Waals surface area contributed by atoms with Crippen LogP contribution in [0.25, 0.3) is 10.9 Å². The molecule has 2 aromatic carbocycles. The van der Waals surface area contributed by atoms with Gasteiger partial charge in [0.05, 0.1) is 0 Å². The third-order valence-corrected chi connectivity index (χ3v) is 5.99. The fourth-order valence-corrected chi connectivity index (χ4v) is 4.35. The summed E-state index contributed by atoms with van der Waals surface area (Å²) in [5.41, 5.74) is 5.91. The maximum absolute atomic E-state index is 13.1. The number of hydrogen-bond donors (Lipinski definition) is 3. The summed E-state index contributed by atoms with van der Waals surface area (Å²) in [6, 6.07) is 13.7. The number of fused-ring (bicyclic) bond motifs is 1. The summed E-state index contributed by atoms with van der Waals surface area (Å²) >= 11 is 0. The Balaban J connectivity index is 1.34. The molecule has 0 spiro atoms. The fourth-order valence-electron chi connectivity index (χ4n) is 4.35. The molecule has 3 amide bonds. The summed E-state index contributed by atoms with van der Waals surface area (Å²) in [6.07, 6.45) is 1.94. The lowest BCUT2D eigenvalue weighted by molar-refractivity contribution is 0.0670. The highest BCUT2D eigenvalue weighted by atomic mass is 16.2. The first-order valence-electron chi connectivity index (χ1n) is 10.9. The molecule has 1 saturated heterocycles. The lowest BCUT2D eigenvalue weighted by atomic mass is 9.97. The Morgan fingerprint density at radius 3 is 2.61 bits per heavy atom. The van der Waals surface area contributed by atoms with Crippen LogP contribution >= 0.6 is 0 Å². The number of anilines is 1. The zero-order valence-electron chi connectivity index (χ0n) is 18.4. The number of amides is 3. The number of carbonyl (C=O) groups excluding carboxylic acids is 2. The van der Waals surface area contributed by atoms with Gasteiger partial charge >= 0.3 is 6.03 Å². The van der Waals surface area contributed by atoms with E-state index in [-0.39, 0.29) is 17.9 Å². The minimum absolute atomic E-state index is 0.0297. The van der Waals surface area contributed by atoms with Gasteiger partial charge in [0.2, 0.25) is 0 Å². The van der Waals surface area contributed by atoms with Crippen molar-refractivity contribution in [1.29, 1.82) is 0 Å². The number of urea groups is 1. The second-order valence-corrected chi connectivity index (χ2v) is 8.69. The molecule has 31 heavy (non-hydrogen) atoms. The Hall–Kier alpha value is -3.28. The molecule has 2 heterocycles. The monoisotopic (exact) mass is 418 g/mol. The summed E-state index contributed by atoms with van der Waals surface area (Å²) in [4.78, 5) is 30.5. The first-order chi connectivity index (χ1) is 14.9. The Morgan fingerprint density at radius 1 is 1.06 bits per heavy atom. The molecule has 1 unspecified atom stereocenters. The molecule has 0 bridgehead atoms. The number of hydrogen-bond acceptors (Lipinski definition) is 2. The van der Waals surface area contributed by atoms with Crippen LogP contribution in [0, 0.1) is 26.7 Å². The van der Waals surface area contributed by atoms with E-state index < -0.39 is 0 Å². The van der Waals surface area contributed by atoms with Crippen molar-refractivity contribution in [2.45, 2.75) is 33.6 Å². The number of H-pyrrole nitrogens is 1. The molecular weight excluding hydrogens is 388 g/mol. The second-order valence-electron chi connectivity index (χ2n) is 8.69. The molecule has 0 aliphatic carbocycles. The van der Waals surface area contributed by atoms with Crippen LogP contribution < -0.4 is 10.6 Å². The molecule has 0 radical (unpaired) electrons. The van der Waals surface area contributed by atoms with Crippen molar-refractivity contribution in [2.24, 2.45) is 5.92 Å². The highest BCUT2D eigenvalue weighted by Crippen LogP contribution is 2.24. The molecule has 3 aromatic rings. The number of nitrogens with zero attached hydrogens (tertiary/aromatic N) is 1. The summed E-state index contributed by atoms with van der Waals surface area (Å²) in [7, 11) is 0. The van der Waals surface area contributed by atoms with Gasteiger partial charge in [0, 0.05) is 36.2 Å². The quantitative estimate of drug-likeness (QED) is 0.571. The predicted molar refractivity (Wildman–Crippen MR) is 125 cm³/mol. The molecule has 1 atom stereocenters. The molecule has 162 valence electrons. The average Bonchev–Trinajstić information content (AvgIpc) is 3.18. The first kappa shape index (κ1) is 21.0. The fraction of sp³-hybridized carbons (Fsp3) is 0.360. The molecule has 6 nitrogen and oxygen atoms in total. The van der Waals surface area contributed by atoms with Crippen molar-refractivity contribution in [1.82, 2.24) is 15.2 Å². The number of aryl methyl sites for hydroxylation is 3. The van der Waals surface area contributed by atoms with Gasteiger partial charge < -0.3 is 20.5 Å². The van der Waals surface area contributed by atoms with E-state index in [9.17, 15) is 9.59 Å². The van der Waals surface area contributed by atoms with Crippen molar-refractivity contribution < 1.29 is 9.59 Å². The summed E-state index contributed by atoms with van der Waals surface area (Å²) in [6.45, 7) is 8.09. The smallest absolute Gasteiger partial charge is 0.319 e. The molecule has 0 saturated carbocycles. The van der Waals surface area contributed by atoms with Gasteiger partial charge in [-0.15, -0.1) is 0 Å². The van der Waals surface area contributed by atoms with Crippen LogP contribution in [-0.2, 0) is 0 Å². The average molecular weight is 419 g/mol. The van der Waals surface area contributed by atoms with E-state index in [1.807, 2.05) is 42.2 Å². The van der Waals surface area contributed by atoms with Crippen LogP contribution in [0.3, 0.4) is 0 Å². The zero-order valence-corrected chi connectivity index (χ0v) is 18.4.